The van der Waals surface area contributed by atoms with Crippen LogP contribution >= 0.6 is 15.9 Å². The number of nitrogens with one attached hydrogen (secondary N) is 1. The average Bonchev–Trinajstić information content (AvgIpc) is 2.88. The molecule has 7 nitrogen and oxygen atoms in total. The van der Waals surface area contributed by atoms with Gasteiger partial charge in [-0.25, -0.2) is 0 Å². The van der Waals surface area contributed by atoms with Gasteiger partial charge < -0.3 is 19.7 Å². The number of para-hydroxylation sites is 1. The topological polar surface area (TPSA) is 84.9 Å². The van der Waals surface area contributed by atoms with Gasteiger partial charge in [0.15, 0.2) is 29.7 Å². The molecule has 41 heavy (non-hydrogen) atoms. The van der Waals surface area contributed by atoms with Gasteiger partial charge in [0.05, 0.1) is 11.6 Å². The molecule has 0 fully saturated rings. The predicted molar refractivity (Wildman–Crippen MR) is 162 cm³/mol. The Kier molecular flexibility index (Phi) is 7.66. The van der Waals surface area contributed by atoms with Crippen molar-refractivity contribution in [3.8, 4) is 11.5 Å². The van der Waals surface area contributed by atoms with Crippen LogP contribution in [0.2, 0.25) is 0 Å². The summed E-state index contributed by atoms with van der Waals surface area (Å²) in [7, 11) is 3.53. The number of ether oxygens (including phenoxy) is 2. The van der Waals surface area contributed by atoms with E-state index >= 15 is 0 Å². The molecule has 0 aromatic heterocycles. The summed E-state index contributed by atoms with van der Waals surface area (Å²) in [5, 5.41) is 2.81. The van der Waals surface area contributed by atoms with Crippen molar-refractivity contribution < 1.29 is 23.9 Å². The van der Waals surface area contributed by atoms with Crippen molar-refractivity contribution >= 4 is 39.1 Å². The number of carbonyl (C=O) groups excluding carboxylic acids is 3. The molecule has 0 atom stereocenters. The first-order valence-electron chi connectivity index (χ1n) is 13.9. The number of rotatable bonds is 6. The summed E-state index contributed by atoms with van der Waals surface area (Å²) in [5.74, 6) is 0.139. The van der Waals surface area contributed by atoms with E-state index < -0.39 is 5.92 Å². The molecule has 0 saturated carbocycles. The van der Waals surface area contributed by atoms with E-state index in [1.54, 1.807) is 12.1 Å². The number of nitrogens with zero attached hydrogens (tertiary/aromatic N) is 1. The lowest BCUT2D eigenvalue weighted by molar-refractivity contribution is -0.120. The van der Waals surface area contributed by atoms with Gasteiger partial charge in [-0.1, -0.05) is 45.9 Å². The Bertz CT molecular complexity index is 1430. The third kappa shape index (κ3) is 5.71. The minimum absolute atomic E-state index is 0.0743. The maximum Gasteiger partial charge on any atom is 0.262 e. The minimum atomic E-state index is -0.496. The van der Waals surface area contributed by atoms with Crippen LogP contribution in [0.15, 0.2) is 69.5 Å². The lowest BCUT2D eigenvalue weighted by atomic mass is 9.64. The number of Topliss-reactive ketones (excluding diaryl/α,β-unsaturated/α-hetero) is 2. The summed E-state index contributed by atoms with van der Waals surface area (Å²) in [6, 6.07) is 12.9. The number of anilines is 1. The molecule has 2 aromatic carbocycles. The van der Waals surface area contributed by atoms with Gasteiger partial charge in [-0.3, -0.25) is 14.4 Å². The van der Waals surface area contributed by atoms with Crippen LogP contribution in [0.25, 0.3) is 0 Å². The molecule has 8 heteroatoms. The standard InChI is InChI=1S/C33H37BrN2O5/c1-32(2)14-22-29(24(37)16-32)28(30-23(36(22)5)15-33(3,4)17-25(30)38)19-12-21(34)31(26(13-19)40-6)41-18-27(39)35-20-10-8-7-9-11-20/h7-13,28H,14-18H2,1-6H3,(H,35,39). The molecule has 0 unspecified atom stereocenters. The third-order valence-electron chi connectivity index (χ3n) is 8.17. The molecule has 1 heterocycles. The number of methoxy groups -OCH3 is 1. The highest BCUT2D eigenvalue weighted by atomic mass is 79.9. The van der Waals surface area contributed by atoms with Gasteiger partial charge in [0, 0.05) is 54.0 Å². The Hall–Kier alpha value is -3.39. The lowest BCUT2D eigenvalue weighted by Gasteiger charge is -2.48. The molecule has 2 aliphatic carbocycles. The van der Waals surface area contributed by atoms with Gasteiger partial charge in [-0.15, -0.1) is 0 Å². The van der Waals surface area contributed by atoms with E-state index in [9.17, 15) is 14.4 Å². The Labute approximate surface area is 250 Å². The molecule has 1 amide bonds. The van der Waals surface area contributed by atoms with E-state index in [1.165, 1.54) is 7.11 Å². The van der Waals surface area contributed by atoms with Gasteiger partial charge in [-0.2, -0.15) is 0 Å². The summed E-state index contributed by atoms with van der Waals surface area (Å²) < 4.78 is 12.2. The largest absolute Gasteiger partial charge is 0.493 e. The van der Waals surface area contributed by atoms with Crippen molar-refractivity contribution in [2.24, 2.45) is 10.8 Å². The number of hydrogen-bond acceptors (Lipinski definition) is 6. The summed E-state index contributed by atoms with van der Waals surface area (Å²) in [6.07, 6.45) is 2.36. The monoisotopic (exact) mass is 620 g/mol. The van der Waals surface area contributed by atoms with Crippen LogP contribution in [0.3, 0.4) is 0 Å². The molecule has 0 spiro atoms. The molecule has 1 aliphatic heterocycles. The van der Waals surface area contributed by atoms with Crippen LogP contribution in [0, 0.1) is 10.8 Å². The quantitative estimate of drug-likeness (QED) is 0.383. The van der Waals surface area contributed by atoms with E-state index in [0.717, 1.165) is 29.8 Å². The summed E-state index contributed by atoms with van der Waals surface area (Å²) in [4.78, 5) is 42.2. The zero-order valence-corrected chi connectivity index (χ0v) is 26.1. The number of ketones is 2. The number of amides is 1. The number of hydrogen-bond donors (Lipinski definition) is 1. The number of halogens is 1. The molecular weight excluding hydrogens is 584 g/mol. The van der Waals surface area contributed by atoms with Crippen LogP contribution in [0.5, 0.6) is 11.5 Å². The SMILES string of the molecule is COc1cc(C2C3=C(CC(C)(C)CC3=O)N(C)C3=C2C(=O)CC(C)(C)C3)cc(Br)c1OCC(=O)Nc1ccccc1. The molecule has 1 N–H and O–H groups in total. The number of benzene rings is 2. The van der Waals surface area contributed by atoms with Gasteiger partial charge in [0.25, 0.3) is 5.91 Å². The fraction of sp³-hybridized carbons (Fsp3) is 0.424. The van der Waals surface area contributed by atoms with Crippen LogP contribution < -0.4 is 14.8 Å². The van der Waals surface area contributed by atoms with Crippen molar-refractivity contribution in [1.29, 1.82) is 0 Å². The Morgan fingerprint density at radius 3 is 2.05 bits per heavy atom. The molecule has 2 aromatic rings. The molecular formula is C33H37BrN2O5. The molecule has 216 valence electrons. The fourth-order valence-electron chi connectivity index (χ4n) is 6.40. The van der Waals surface area contributed by atoms with E-state index in [4.69, 9.17) is 9.47 Å². The van der Waals surface area contributed by atoms with Gasteiger partial charge in [-0.05, 0) is 69.4 Å². The second-order valence-corrected chi connectivity index (χ2v) is 13.7. The first kappa shape index (κ1) is 29.1. The zero-order valence-electron chi connectivity index (χ0n) is 24.5. The zero-order chi connectivity index (χ0) is 29.7. The molecule has 3 aliphatic rings. The van der Waals surface area contributed by atoms with E-state index in [-0.39, 0.29) is 34.9 Å². The second-order valence-electron chi connectivity index (χ2n) is 12.8. The lowest BCUT2D eigenvalue weighted by Crippen LogP contribution is -2.43. The maximum absolute atomic E-state index is 13.8. The summed E-state index contributed by atoms with van der Waals surface area (Å²) >= 11 is 3.63. The average molecular weight is 622 g/mol. The number of carbonyl (C=O) groups is 3. The highest BCUT2D eigenvalue weighted by Gasteiger charge is 2.48. The van der Waals surface area contributed by atoms with Crippen molar-refractivity contribution in [3.63, 3.8) is 0 Å². The Balaban J connectivity index is 1.55. The highest BCUT2D eigenvalue weighted by Crippen LogP contribution is 2.55. The van der Waals surface area contributed by atoms with Crippen molar-refractivity contribution in [1.82, 2.24) is 4.90 Å². The maximum atomic E-state index is 13.8. The fourth-order valence-corrected chi connectivity index (χ4v) is 6.97. The van der Waals surface area contributed by atoms with E-state index in [0.29, 0.717) is 45.6 Å². The van der Waals surface area contributed by atoms with E-state index in [1.807, 2.05) is 37.4 Å². The van der Waals surface area contributed by atoms with Crippen LogP contribution in [-0.4, -0.2) is 43.1 Å². The van der Waals surface area contributed by atoms with Crippen molar-refractivity contribution in [3.05, 3.63) is 75.0 Å². The van der Waals surface area contributed by atoms with Crippen molar-refractivity contribution in [2.45, 2.75) is 59.3 Å². The minimum Gasteiger partial charge on any atom is -0.493 e. The molecule has 0 radical (unpaired) electrons. The van der Waals surface area contributed by atoms with Crippen LogP contribution in [-0.2, 0) is 14.4 Å². The third-order valence-corrected chi connectivity index (χ3v) is 8.76. The first-order chi connectivity index (χ1) is 19.3. The highest BCUT2D eigenvalue weighted by molar-refractivity contribution is 9.10. The summed E-state index contributed by atoms with van der Waals surface area (Å²) in [5.41, 5.74) is 4.51. The normalized spacial score (nSPS) is 20.0. The number of allylic oxidation sites excluding steroid dienone is 4. The van der Waals surface area contributed by atoms with Gasteiger partial charge in [0.2, 0.25) is 0 Å². The predicted octanol–water partition coefficient (Wildman–Crippen LogP) is 6.79. The molecule has 0 saturated heterocycles. The summed E-state index contributed by atoms with van der Waals surface area (Å²) in [6.45, 7) is 8.27. The van der Waals surface area contributed by atoms with Gasteiger partial charge in [0.1, 0.15) is 0 Å². The van der Waals surface area contributed by atoms with E-state index in [2.05, 4.69) is 53.8 Å². The molecule has 5 rings (SSSR count). The van der Waals surface area contributed by atoms with Crippen LogP contribution in [0.1, 0.15) is 64.9 Å². The van der Waals surface area contributed by atoms with Crippen LogP contribution in [0.4, 0.5) is 5.69 Å². The smallest absolute Gasteiger partial charge is 0.262 e. The molecule has 0 bridgehead atoms. The Morgan fingerprint density at radius 2 is 1.51 bits per heavy atom. The Morgan fingerprint density at radius 1 is 0.951 bits per heavy atom. The van der Waals surface area contributed by atoms with Crippen molar-refractivity contribution in [2.75, 3.05) is 26.1 Å². The first-order valence-corrected chi connectivity index (χ1v) is 14.7. The van der Waals surface area contributed by atoms with Gasteiger partial charge >= 0.3 is 0 Å². The second kappa shape index (κ2) is 10.8.